The van der Waals surface area contributed by atoms with Gasteiger partial charge in [0.2, 0.25) is 0 Å². The molecule has 0 saturated heterocycles. The van der Waals surface area contributed by atoms with Crippen molar-refractivity contribution in [3.05, 3.63) is 0 Å². The Kier molecular flexibility index (Phi) is 4.63. The van der Waals surface area contributed by atoms with Gasteiger partial charge in [-0.3, -0.25) is 0 Å². The van der Waals surface area contributed by atoms with E-state index in [2.05, 4.69) is 10.2 Å². The van der Waals surface area contributed by atoms with Crippen molar-refractivity contribution in [2.24, 2.45) is 0 Å². The zero-order chi connectivity index (χ0) is 15.9. The standard InChI is InChI=1S/C7H4F11Si/c8-3(9,1-2-19)4(10,11)5(12,13)6(14,15)7(16,17)18/h1-2H2. The number of hydrogen-bond donors (Lipinski definition) is 0. The number of halogens is 11. The molecule has 3 radical (unpaired) electrons. The Hall–Kier alpha value is -0.553. The van der Waals surface area contributed by atoms with Crippen LogP contribution < -0.4 is 0 Å². The van der Waals surface area contributed by atoms with Gasteiger partial charge in [-0.05, 0) is 0 Å². The molecule has 0 atom stereocenters. The van der Waals surface area contributed by atoms with Gasteiger partial charge in [-0.15, -0.1) is 0 Å². The molecule has 0 saturated carbocycles. The van der Waals surface area contributed by atoms with E-state index >= 15 is 0 Å². The lowest BCUT2D eigenvalue weighted by molar-refractivity contribution is -0.422. The summed E-state index contributed by atoms with van der Waals surface area (Å²) in [5, 5.41) is 0. The lowest BCUT2D eigenvalue weighted by Gasteiger charge is -2.37. The number of rotatable bonds is 5. The van der Waals surface area contributed by atoms with Crippen LogP contribution in [0.3, 0.4) is 0 Å². The van der Waals surface area contributed by atoms with Crippen molar-refractivity contribution in [1.82, 2.24) is 0 Å². The summed E-state index contributed by atoms with van der Waals surface area (Å²) in [4.78, 5) is 0. The van der Waals surface area contributed by atoms with E-state index in [9.17, 15) is 48.3 Å². The highest BCUT2D eigenvalue weighted by molar-refractivity contribution is 6.08. The third kappa shape index (κ3) is 2.68. The van der Waals surface area contributed by atoms with Crippen LogP contribution in [-0.4, -0.2) is 40.1 Å². The molecule has 0 fully saturated rings. The summed E-state index contributed by atoms with van der Waals surface area (Å²) in [6, 6.07) is -1.02. The van der Waals surface area contributed by atoms with E-state index in [1.165, 1.54) is 0 Å². The first-order valence-corrected chi connectivity index (χ1v) is 4.99. The minimum absolute atomic E-state index is 1.02. The van der Waals surface area contributed by atoms with Crippen molar-refractivity contribution in [3.63, 3.8) is 0 Å². The molecule has 0 aliphatic rings. The minimum Gasteiger partial charge on any atom is -0.200 e. The van der Waals surface area contributed by atoms with Crippen molar-refractivity contribution >= 4 is 10.2 Å². The highest BCUT2D eigenvalue weighted by atomic mass is 28.1. The first-order chi connectivity index (χ1) is 8.06. The fraction of sp³-hybridized carbons (Fsp3) is 1.00. The van der Waals surface area contributed by atoms with Crippen LogP contribution in [-0.2, 0) is 0 Å². The zero-order valence-electron chi connectivity index (χ0n) is 8.57. The largest absolute Gasteiger partial charge is 0.460 e. The monoisotopic (exact) mass is 325 g/mol. The molecule has 0 aromatic rings. The van der Waals surface area contributed by atoms with Crippen molar-refractivity contribution in [1.29, 1.82) is 0 Å². The molecule has 0 amide bonds. The predicted molar refractivity (Wildman–Crippen MR) is 41.0 cm³/mol. The Morgan fingerprint density at radius 3 is 1.21 bits per heavy atom. The zero-order valence-corrected chi connectivity index (χ0v) is 9.57. The normalized spacial score (nSPS) is 15.8. The maximum Gasteiger partial charge on any atom is 0.460 e. The summed E-state index contributed by atoms with van der Waals surface area (Å²) in [6.45, 7) is 0. The SMILES string of the molecule is FC(F)(F)C(F)(F)C(F)(F)C(F)(F)C(F)(F)CC[Si]. The number of alkyl halides is 11. The van der Waals surface area contributed by atoms with E-state index in [-0.39, 0.29) is 0 Å². The smallest absolute Gasteiger partial charge is 0.200 e. The van der Waals surface area contributed by atoms with Crippen LogP contribution in [0.4, 0.5) is 48.3 Å². The molecule has 0 aromatic heterocycles. The molecule has 0 nitrogen and oxygen atoms in total. The van der Waals surface area contributed by atoms with E-state index in [0.29, 0.717) is 0 Å². The van der Waals surface area contributed by atoms with Crippen LogP contribution in [0.1, 0.15) is 6.42 Å². The van der Waals surface area contributed by atoms with E-state index in [1.54, 1.807) is 0 Å². The summed E-state index contributed by atoms with van der Waals surface area (Å²) in [5.41, 5.74) is 0. The second kappa shape index (κ2) is 4.77. The third-order valence-electron chi connectivity index (χ3n) is 2.04. The van der Waals surface area contributed by atoms with Gasteiger partial charge in [-0.2, -0.15) is 48.3 Å². The van der Waals surface area contributed by atoms with Gasteiger partial charge in [-0.25, -0.2) is 0 Å². The van der Waals surface area contributed by atoms with Crippen molar-refractivity contribution < 1.29 is 48.3 Å². The van der Waals surface area contributed by atoms with Gasteiger partial charge in [0.1, 0.15) is 0 Å². The molecule has 0 spiro atoms. The Morgan fingerprint density at radius 1 is 0.579 bits per heavy atom. The van der Waals surface area contributed by atoms with E-state index in [0.717, 1.165) is 0 Å². The van der Waals surface area contributed by atoms with E-state index < -0.39 is 42.3 Å². The molecule has 0 heterocycles. The fourth-order valence-electron chi connectivity index (χ4n) is 0.919. The summed E-state index contributed by atoms with van der Waals surface area (Å²) in [7, 11) is 2.22. The second-order valence-corrected chi connectivity index (χ2v) is 3.93. The van der Waals surface area contributed by atoms with Crippen LogP contribution in [0, 0.1) is 0 Å². The molecule has 0 aliphatic heterocycles. The summed E-state index contributed by atoms with van der Waals surface area (Å²) in [5.74, 6) is -27.2. The Balaban J connectivity index is 5.77. The van der Waals surface area contributed by atoms with Gasteiger partial charge in [-0.1, -0.05) is 6.04 Å². The van der Waals surface area contributed by atoms with Gasteiger partial charge < -0.3 is 0 Å². The van der Waals surface area contributed by atoms with Gasteiger partial charge >= 0.3 is 29.9 Å². The molecule has 0 aromatic carbocycles. The minimum atomic E-state index is -7.31. The molecule has 19 heavy (non-hydrogen) atoms. The van der Waals surface area contributed by atoms with E-state index in [4.69, 9.17) is 0 Å². The Labute approximate surface area is 102 Å². The lowest BCUT2D eigenvalue weighted by Crippen LogP contribution is -2.66. The van der Waals surface area contributed by atoms with Crippen molar-refractivity contribution in [2.75, 3.05) is 0 Å². The van der Waals surface area contributed by atoms with Crippen LogP contribution >= 0.6 is 0 Å². The molecule has 12 heteroatoms. The number of hydrogen-bond acceptors (Lipinski definition) is 0. The third-order valence-corrected chi connectivity index (χ3v) is 2.29. The van der Waals surface area contributed by atoms with Crippen LogP contribution in [0.5, 0.6) is 0 Å². The molecular weight excluding hydrogens is 321 g/mol. The highest BCUT2D eigenvalue weighted by Crippen LogP contribution is 2.57. The maximum atomic E-state index is 12.7. The first-order valence-electron chi connectivity index (χ1n) is 4.29. The second-order valence-electron chi connectivity index (χ2n) is 3.43. The van der Waals surface area contributed by atoms with Crippen molar-refractivity contribution in [2.45, 2.75) is 42.3 Å². The van der Waals surface area contributed by atoms with Gasteiger partial charge in [0.05, 0.1) is 0 Å². The van der Waals surface area contributed by atoms with Crippen LogP contribution in [0.2, 0.25) is 6.04 Å². The lowest BCUT2D eigenvalue weighted by atomic mass is 9.96. The fourth-order valence-corrected chi connectivity index (χ4v) is 1.23. The predicted octanol–water partition coefficient (Wildman–Crippen LogP) is 4.07. The topological polar surface area (TPSA) is 0 Å². The molecule has 0 bridgehead atoms. The van der Waals surface area contributed by atoms with Gasteiger partial charge in [0, 0.05) is 16.7 Å². The van der Waals surface area contributed by atoms with Gasteiger partial charge in [0.15, 0.2) is 0 Å². The highest BCUT2D eigenvalue weighted by Gasteiger charge is 2.86. The molecule has 0 unspecified atom stereocenters. The first kappa shape index (κ1) is 18.4. The summed E-state index contributed by atoms with van der Waals surface area (Å²) < 4.78 is 135. The molecule has 113 valence electrons. The molecular formula is C7H4F11Si. The average molecular weight is 325 g/mol. The Bertz CT molecular complexity index is 317. The maximum absolute atomic E-state index is 12.7. The average Bonchev–Trinajstić information content (AvgIpc) is 2.14. The van der Waals surface area contributed by atoms with Crippen molar-refractivity contribution in [3.8, 4) is 0 Å². The molecule has 0 aliphatic carbocycles. The quantitative estimate of drug-likeness (QED) is 0.528. The Morgan fingerprint density at radius 2 is 0.947 bits per heavy atom. The van der Waals surface area contributed by atoms with E-state index in [1.807, 2.05) is 0 Å². The molecule has 0 rings (SSSR count). The molecule has 0 N–H and O–H groups in total. The summed E-state index contributed by atoms with van der Waals surface area (Å²) in [6.07, 6.45) is -9.16. The van der Waals surface area contributed by atoms with Gasteiger partial charge in [0.25, 0.3) is 0 Å². The van der Waals surface area contributed by atoms with Crippen LogP contribution in [0.15, 0.2) is 0 Å². The summed E-state index contributed by atoms with van der Waals surface area (Å²) >= 11 is 0. The van der Waals surface area contributed by atoms with Crippen LogP contribution in [0.25, 0.3) is 0 Å².